The summed E-state index contributed by atoms with van der Waals surface area (Å²) in [5.74, 6) is 0. The maximum absolute atomic E-state index is 13.7. The lowest BCUT2D eigenvalue weighted by atomic mass is 9.93. The molecular weight excluding hydrogens is 368 g/mol. The molecule has 0 N–H and O–H groups in total. The average Bonchev–Trinajstić information content (AvgIpc) is 3.27. The van der Waals surface area contributed by atoms with Crippen molar-refractivity contribution in [2.24, 2.45) is 0 Å². The second-order valence-corrected chi connectivity index (χ2v) is 7.96. The molecule has 2 heteroatoms. The fraction of sp³-hybridized carbons (Fsp3) is 0. The molecule has 30 heavy (non-hydrogen) atoms. The fourth-order valence-corrected chi connectivity index (χ4v) is 5.34. The Bertz CT molecular complexity index is 1930. The Morgan fingerprint density at radius 2 is 0.700 bits per heavy atom. The second-order valence-electron chi connectivity index (χ2n) is 7.96. The van der Waals surface area contributed by atoms with Crippen LogP contribution in [0.25, 0.3) is 64.6 Å². The molecule has 0 aliphatic rings. The van der Waals surface area contributed by atoms with Crippen molar-refractivity contribution in [1.82, 2.24) is 0 Å². The van der Waals surface area contributed by atoms with Crippen molar-refractivity contribution in [2.75, 3.05) is 0 Å². The molecule has 0 aliphatic heterocycles. The maximum atomic E-state index is 13.7. The molecule has 0 heterocycles. The standard InChI is InChI=1S/C28H14O2/c29-27-20-11-5-3-9-17(20)24-22(27)14-13-19-15-7-1-2-8-16(15)23-18-10-4-6-12-21(18)28(30)26(23)25(19)24/h1-14H. The van der Waals surface area contributed by atoms with Crippen molar-refractivity contribution in [1.29, 1.82) is 0 Å². The van der Waals surface area contributed by atoms with Crippen LogP contribution in [0.4, 0.5) is 0 Å². The lowest BCUT2D eigenvalue weighted by Gasteiger charge is -2.09. The molecule has 7 aromatic carbocycles. The predicted molar refractivity (Wildman–Crippen MR) is 126 cm³/mol. The molecule has 0 fully saturated rings. The van der Waals surface area contributed by atoms with Gasteiger partial charge in [-0.1, -0.05) is 78.9 Å². The van der Waals surface area contributed by atoms with Gasteiger partial charge in [0.1, 0.15) is 0 Å². The number of hydrogen-bond donors (Lipinski definition) is 0. The van der Waals surface area contributed by atoms with Crippen LogP contribution in [0.1, 0.15) is 0 Å². The van der Waals surface area contributed by atoms with Gasteiger partial charge in [-0.2, -0.15) is 0 Å². The summed E-state index contributed by atoms with van der Waals surface area (Å²) in [5.41, 5.74) is 0.0777. The van der Waals surface area contributed by atoms with Gasteiger partial charge in [0.15, 0.2) is 10.9 Å². The number of rotatable bonds is 0. The molecule has 7 rings (SSSR count). The zero-order valence-electron chi connectivity index (χ0n) is 15.9. The molecule has 0 radical (unpaired) electrons. The van der Waals surface area contributed by atoms with Gasteiger partial charge in [0.25, 0.3) is 0 Å². The summed E-state index contributed by atoms with van der Waals surface area (Å²) < 4.78 is 0. The first-order valence-corrected chi connectivity index (χ1v) is 10.1. The van der Waals surface area contributed by atoms with Crippen molar-refractivity contribution >= 4 is 64.6 Å². The quantitative estimate of drug-likeness (QED) is 0.293. The molecule has 0 aromatic heterocycles. The molecule has 0 spiro atoms. The third-order valence-electron chi connectivity index (χ3n) is 6.55. The minimum atomic E-state index is 0.0346. The number of fused-ring (bicyclic) bond motifs is 12. The van der Waals surface area contributed by atoms with E-state index < -0.39 is 0 Å². The Balaban J connectivity index is 1.99. The summed E-state index contributed by atoms with van der Waals surface area (Å²) in [6, 6.07) is 27.7. The minimum Gasteiger partial charge on any atom is -0.289 e. The topological polar surface area (TPSA) is 34.1 Å². The van der Waals surface area contributed by atoms with Crippen molar-refractivity contribution in [3.05, 3.63) is 105 Å². The van der Waals surface area contributed by atoms with E-state index in [9.17, 15) is 9.59 Å². The lowest BCUT2D eigenvalue weighted by Crippen LogP contribution is -1.96. The minimum absolute atomic E-state index is 0.0346. The first-order chi connectivity index (χ1) is 14.8. The van der Waals surface area contributed by atoms with E-state index in [0.29, 0.717) is 10.8 Å². The zero-order chi connectivity index (χ0) is 20.0. The molecular formula is C28H14O2. The smallest absolute Gasteiger partial charge is 0.194 e. The molecule has 138 valence electrons. The lowest BCUT2D eigenvalue weighted by molar-refractivity contribution is 1.80. The van der Waals surface area contributed by atoms with Gasteiger partial charge in [-0.15, -0.1) is 0 Å². The van der Waals surface area contributed by atoms with Gasteiger partial charge >= 0.3 is 0 Å². The molecule has 0 aliphatic carbocycles. The maximum Gasteiger partial charge on any atom is 0.194 e. The summed E-state index contributed by atoms with van der Waals surface area (Å²) in [4.78, 5) is 26.8. The average molecular weight is 382 g/mol. The van der Waals surface area contributed by atoms with E-state index in [1.54, 1.807) is 0 Å². The molecule has 0 saturated heterocycles. The van der Waals surface area contributed by atoms with Gasteiger partial charge in [0, 0.05) is 37.7 Å². The van der Waals surface area contributed by atoms with E-state index in [1.165, 1.54) is 0 Å². The zero-order valence-corrected chi connectivity index (χ0v) is 15.9. The molecule has 0 atom stereocenters. The van der Waals surface area contributed by atoms with Gasteiger partial charge in [-0.3, -0.25) is 9.59 Å². The van der Waals surface area contributed by atoms with Crippen LogP contribution in [0.3, 0.4) is 0 Å². The Hall–Kier alpha value is -4.04. The molecule has 0 bridgehead atoms. The van der Waals surface area contributed by atoms with E-state index in [0.717, 1.165) is 53.9 Å². The highest BCUT2D eigenvalue weighted by Crippen LogP contribution is 2.42. The third kappa shape index (κ3) is 1.71. The Kier molecular flexibility index (Phi) is 2.80. The van der Waals surface area contributed by atoms with E-state index in [1.807, 2.05) is 72.8 Å². The van der Waals surface area contributed by atoms with Crippen LogP contribution in [0.2, 0.25) is 0 Å². The van der Waals surface area contributed by atoms with Crippen molar-refractivity contribution in [2.45, 2.75) is 0 Å². The molecule has 0 amide bonds. The molecule has 2 nitrogen and oxygen atoms in total. The first-order valence-electron chi connectivity index (χ1n) is 10.1. The van der Waals surface area contributed by atoms with Crippen LogP contribution < -0.4 is 10.9 Å². The summed E-state index contributed by atoms with van der Waals surface area (Å²) in [6.45, 7) is 0. The van der Waals surface area contributed by atoms with Gasteiger partial charge in [0.05, 0.1) is 0 Å². The number of hydrogen-bond acceptors (Lipinski definition) is 2. The van der Waals surface area contributed by atoms with E-state index >= 15 is 0 Å². The van der Waals surface area contributed by atoms with E-state index in [2.05, 4.69) is 12.1 Å². The van der Waals surface area contributed by atoms with Crippen molar-refractivity contribution < 1.29 is 0 Å². The third-order valence-corrected chi connectivity index (χ3v) is 6.55. The van der Waals surface area contributed by atoms with Crippen LogP contribution in [0.5, 0.6) is 0 Å². The highest BCUT2D eigenvalue weighted by molar-refractivity contribution is 6.40. The normalized spacial score (nSPS) is 12.3. The van der Waals surface area contributed by atoms with Gasteiger partial charge in [-0.05, 0) is 33.0 Å². The highest BCUT2D eigenvalue weighted by Gasteiger charge is 2.21. The number of benzene rings is 5. The van der Waals surface area contributed by atoms with Crippen LogP contribution in [0.15, 0.2) is 94.5 Å². The van der Waals surface area contributed by atoms with Gasteiger partial charge < -0.3 is 0 Å². The first kappa shape index (κ1) is 15.8. The monoisotopic (exact) mass is 382 g/mol. The van der Waals surface area contributed by atoms with Gasteiger partial charge in [0.2, 0.25) is 0 Å². The Morgan fingerprint density at radius 1 is 0.300 bits per heavy atom. The summed E-state index contributed by atoms with van der Waals surface area (Å²) in [6.07, 6.45) is 0. The summed E-state index contributed by atoms with van der Waals surface area (Å²) in [5, 5.41) is 10.8. The second kappa shape index (κ2) is 5.31. The van der Waals surface area contributed by atoms with E-state index in [4.69, 9.17) is 0 Å². The van der Waals surface area contributed by atoms with Crippen molar-refractivity contribution in [3.63, 3.8) is 0 Å². The Morgan fingerprint density at radius 3 is 1.33 bits per heavy atom. The van der Waals surface area contributed by atoms with Gasteiger partial charge in [-0.25, -0.2) is 0 Å². The van der Waals surface area contributed by atoms with Crippen LogP contribution in [-0.4, -0.2) is 0 Å². The fourth-order valence-electron chi connectivity index (χ4n) is 5.34. The van der Waals surface area contributed by atoms with Crippen molar-refractivity contribution in [3.8, 4) is 0 Å². The molecule has 7 aromatic rings. The SMILES string of the molecule is O=c1c2ccccc2c2c1ccc1c3ccccc3c3c4ccccc4c(=O)c3c12. The molecule has 0 saturated carbocycles. The molecule has 0 unspecified atom stereocenters. The largest absolute Gasteiger partial charge is 0.289 e. The van der Waals surface area contributed by atoms with Crippen LogP contribution in [0, 0.1) is 0 Å². The predicted octanol–water partition coefficient (Wildman–Crippen LogP) is 6.20. The Labute approximate surface area is 170 Å². The summed E-state index contributed by atoms with van der Waals surface area (Å²) in [7, 11) is 0. The van der Waals surface area contributed by atoms with Crippen LogP contribution in [-0.2, 0) is 0 Å². The summed E-state index contributed by atoms with van der Waals surface area (Å²) >= 11 is 0. The van der Waals surface area contributed by atoms with Crippen LogP contribution >= 0.6 is 0 Å². The highest BCUT2D eigenvalue weighted by atomic mass is 16.1. The van der Waals surface area contributed by atoms with E-state index in [-0.39, 0.29) is 10.9 Å².